The smallest absolute Gasteiger partial charge is 0.416 e. The van der Waals surface area contributed by atoms with E-state index in [2.05, 4.69) is 20.5 Å². The van der Waals surface area contributed by atoms with Crippen LogP contribution in [-0.2, 0) is 4.79 Å². The van der Waals surface area contributed by atoms with Gasteiger partial charge in [0.05, 0.1) is 42.2 Å². The van der Waals surface area contributed by atoms with Gasteiger partial charge in [-0.3, -0.25) is 9.80 Å². The number of hydrogen-bond acceptors (Lipinski definition) is 9. The predicted molar refractivity (Wildman–Crippen MR) is 138 cm³/mol. The number of nitrogens with zero attached hydrogens (tertiary/aromatic N) is 8. The molecule has 0 saturated heterocycles. The van der Waals surface area contributed by atoms with Crippen LogP contribution in [0.4, 0.5) is 18.9 Å². The number of hydrazine groups is 1. The second-order valence-electron chi connectivity index (χ2n) is 9.33. The summed E-state index contributed by atoms with van der Waals surface area (Å²) in [6, 6.07) is 8.54. The van der Waals surface area contributed by atoms with Gasteiger partial charge in [-0.15, -0.1) is 4.80 Å². The van der Waals surface area contributed by atoms with E-state index < -0.39 is 29.4 Å². The molecule has 4 aromatic rings. The molecule has 0 bridgehead atoms. The number of furan rings is 1. The fourth-order valence-corrected chi connectivity index (χ4v) is 4.72. The molecule has 3 aromatic heterocycles. The van der Waals surface area contributed by atoms with Crippen molar-refractivity contribution in [2.24, 2.45) is 0 Å². The maximum absolute atomic E-state index is 14.8. The lowest BCUT2D eigenvalue weighted by Crippen LogP contribution is -2.42. The van der Waals surface area contributed by atoms with Gasteiger partial charge in [0.2, 0.25) is 0 Å². The van der Waals surface area contributed by atoms with E-state index in [0.29, 0.717) is 17.5 Å². The van der Waals surface area contributed by atoms with E-state index >= 15 is 0 Å². The Labute approximate surface area is 226 Å². The van der Waals surface area contributed by atoms with Crippen LogP contribution in [0.15, 0.2) is 70.9 Å². The SMILES string of the molecule is CN(C)CCN1C(C(=O)Nc2cnc(-n3nccn3)c(C#N)c2)=C(C(F)(F)F)C(c2cccc3ccoc23)N1C. The second-order valence-corrected chi connectivity index (χ2v) is 9.33. The maximum atomic E-state index is 14.8. The first kappa shape index (κ1) is 26.9. The lowest BCUT2D eigenvalue weighted by atomic mass is 9.96. The molecule has 0 spiro atoms. The first-order valence-corrected chi connectivity index (χ1v) is 12.1. The minimum atomic E-state index is -4.86. The van der Waals surface area contributed by atoms with E-state index in [0.717, 1.165) is 4.80 Å². The van der Waals surface area contributed by atoms with Gasteiger partial charge in [-0.1, -0.05) is 18.2 Å². The number of halogens is 3. The van der Waals surface area contributed by atoms with Gasteiger partial charge in [0.1, 0.15) is 22.9 Å². The number of anilines is 1. The summed E-state index contributed by atoms with van der Waals surface area (Å²) in [6.45, 7) is 0.470. The molecule has 1 aromatic carbocycles. The number of fused-ring (bicyclic) bond motifs is 1. The minimum absolute atomic E-state index is 0.0226. The Kier molecular flexibility index (Phi) is 7.01. The van der Waals surface area contributed by atoms with Crippen molar-refractivity contribution >= 4 is 22.6 Å². The van der Waals surface area contributed by atoms with E-state index in [1.165, 1.54) is 48.0 Å². The Morgan fingerprint density at radius 1 is 1.23 bits per heavy atom. The Balaban J connectivity index is 1.60. The highest BCUT2D eigenvalue weighted by molar-refractivity contribution is 6.04. The lowest BCUT2D eigenvalue weighted by Gasteiger charge is -2.33. The van der Waals surface area contributed by atoms with E-state index in [4.69, 9.17) is 4.42 Å². The average molecular weight is 552 g/mol. The molecule has 1 aliphatic heterocycles. The third kappa shape index (κ3) is 4.88. The lowest BCUT2D eigenvalue weighted by molar-refractivity contribution is -0.117. The number of alkyl halides is 3. The van der Waals surface area contributed by atoms with Gasteiger partial charge in [-0.25, -0.2) is 9.99 Å². The summed E-state index contributed by atoms with van der Waals surface area (Å²) in [6.07, 6.45) is 0.595. The van der Waals surface area contributed by atoms with Crippen LogP contribution in [0.2, 0.25) is 0 Å². The van der Waals surface area contributed by atoms with Crippen LogP contribution >= 0.6 is 0 Å². The Bertz CT molecular complexity index is 1620. The fourth-order valence-electron chi connectivity index (χ4n) is 4.72. The number of aromatic nitrogens is 4. The van der Waals surface area contributed by atoms with Gasteiger partial charge in [0.15, 0.2) is 5.82 Å². The molecule has 0 saturated carbocycles. The van der Waals surface area contributed by atoms with Crippen LogP contribution < -0.4 is 5.32 Å². The number of para-hydroxylation sites is 1. The van der Waals surface area contributed by atoms with Crippen LogP contribution in [0.25, 0.3) is 16.8 Å². The van der Waals surface area contributed by atoms with E-state index in [9.17, 15) is 23.2 Å². The quantitative estimate of drug-likeness (QED) is 0.368. The van der Waals surface area contributed by atoms with E-state index in [1.54, 1.807) is 38.4 Å². The van der Waals surface area contributed by atoms with Crippen LogP contribution in [0.3, 0.4) is 0 Å². The standard InChI is InChI=1S/C26H24F3N9O2/c1-35(2)10-11-37-22(25(39)34-18-13-17(14-30)24(31-15-18)38-32-8-9-33-38)20(26(27,28)29)21(36(37)3)19-6-4-5-16-7-12-40-23(16)19/h4-9,12-13,15,21H,10-11H2,1-3H3,(H,34,39). The first-order chi connectivity index (χ1) is 19.1. The van der Waals surface area contributed by atoms with Crippen molar-refractivity contribution in [2.75, 3.05) is 39.5 Å². The van der Waals surface area contributed by atoms with E-state index in [-0.39, 0.29) is 29.2 Å². The molecule has 1 unspecified atom stereocenters. The molecule has 5 rings (SSSR count). The summed E-state index contributed by atoms with van der Waals surface area (Å²) in [7, 11) is 5.09. The third-order valence-corrected chi connectivity index (χ3v) is 6.48. The van der Waals surface area contributed by atoms with Crippen molar-refractivity contribution < 1.29 is 22.4 Å². The van der Waals surface area contributed by atoms with E-state index in [1.807, 2.05) is 11.0 Å². The highest BCUT2D eigenvalue weighted by Crippen LogP contribution is 2.48. The number of benzene rings is 1. The Morgan fingerprint density at radius 2 is 1.98 bits per heavy atom. The molecule has 0 fully saturated rings. The normalized spacial score (nSPS) is 16.2. The fraction of sp³-hybridized carbons (Fsp3) is 0.269. The average Bonchev–Trinajstić information content (AvgIpc) is 3.66. The molecule has 11 nitrogen and oxygen atoms in total. The third-order valence-electron chi connectivity index (χ3n) is 6.48. The molecular formula is C26H24F3N9O2. The summed E-state index contributed by atoms with van der Waals surface area (Å²) in [5.41, 5.74) is -0.934. The summed E-state index contributed by atoms with van der Waals surface area (Å²) < 4.78 is 50.1. The van der Waals surface area contributed by atoms with Gasteiger partial charge in [-0.05, 0) is 26.2 Å². The van der Waals surface area contributed by atoms with Crippen molar-refractivity contribution in [3.8, 4) is 11.9 Å². The molecule has 1 amide bonds. The Hall–Kier alpha value is -4.74. The largest absolute Gasteiger partial charge is 0.464 e. The van der Waals surface area contributed by atoms with Crippen LogP contribution in [0.1, 0.15) is 17.2 Å². The summed E-state index contributed by atoms with van der Waals surface area (Å²) in [5.74, 6) is -0.886. The summed E-state index contributed by atoms with van der Waals surface area (Å²) in [4.78, 5) is 20.7. The number of nitriles is 1. The molecule has 4 heterocycles. The molecule has 40 heavy (non-hydrogen) atoms. The van der Waals surface area contributed by atoms with Crippen molar-refractivity contribution in [3.63, 3.8) is 0 Å². The van der Waals surface area contributed by atoms with Crippen LogP contribution in [0, 0.1) is 11.3 Å². The van der Waals surface area contributed by atoms with Gasteiger partial charge in [0, 0.05) is 31.1 Å². The number of amides is 1. The summed E-state index contributed by atoms with van der Waals surface area (Å²) >= 11 is 0. The van der Waals surface area contributed by atoms with Gasteiger partial charge in [0.25, 0.3) is 5.91 Å². The Morgan fingerprint density at radius 3 is 2.65 bits per heavy atom. The molecule has 14 heteroatoms. The van der Waals surface area contributed by atoms with Crippen LogP contribution in [-0.4, -0.2) is 81.2 Å². The van der Waals surface area contributed by atoms with Crippen molar-refractivity contribution in [3.05, 3.63) is 77.6 Å². The van der Waals surface area contributed by atoms with Gasteiger partial charge < -0.3 is 14.6 Å². The topological polar surface area (TPSA) is 119 Å². The number of nitrogens with one attached hydrogen (secondary N) is 1. The molecule has 1 N–H and O–H groups in total. The number of carbonyl (C=O) groups excluding carboxylic acids is 1. The number of hydrogen-bond donors (Lipinski definition) is 1. The second kappa shape index (κ2) is 10.4. The minimum Gasteiger partial charge on any atom is -0.464 e. The molecule has 1 atom stereocenters. The van der Waals surface area contributed by atoms with Crippen LogP contribution in [0.5, 0.6) is 0 Å². The van der Waals surface area contributed by atoms with Crippen molar-refractivity contribution in [2.45, 2.75) is 12.2 Å². The summed E-state index contributed by atoms with van der Waals surface area (Å²) in [5, 5.41) is 23.4. The zero-order valence-electron chi connectivity index (χ0n) is 21.7. The highest BCUT2D eigenvalue weighted by Gasteiger charge is 2.52. The van der Waals surface area contributed by atoms with Gasteiger partial charge >= 0.3 is 6.18 Å². The number of rotatable bonds is 7. The molecule has 0 radical (unpaired) electrons. The predicted octanol–water partition coefficient (Wildman–Crippen LogP) is 3.50. The molecule has 206 valence electrons. The maximum Gasteiger partial charge on any atom is 0.416 e. The van der Waals surface area contributed by atoms with Gasteiger partial charge in [-0.2, -0.15) is 28.6 Å². The first-order valence-electron chi connectivity index (χ1n) is 12.1. The highest BCUT2D eigenvalue weighted by atomic mass is 19.4. The monoisotopic (exact) mass is 551 g/mol. The molecular weight excluding hydrogens is 527 g/mol. The number of carbonyl (C=O) groups is 1. The zero-order valence-corrected chi connectivity index (χ0v) is 21.7. The van der Waals surface area contributed by atoms with Crippen molar-refractivity contribution in [1.82, 2.24) is 34.9 Å². The van der Waals surface area contributed by atoms with Crippen molar-refractivity contribution in [1.29, 1.82) is 5.26 Å². The zero-order chi connectivity index (χ0) is 28.6. The molecule has 0 aliphatic carbocycles. The number of likely N-dealkylation sites (N-methyl/N-ethyl adjacent to an activating group) is 2. The number of pyridine rings is 1. The molecule has 1 aliphatic rings.